The molecule has 1 aliphatic rings. The number of benzene rings is 1. The first-order chi connectivity index (χ1) is 12.4. The summed E-state index contributed by atoms with van der Waals surface area (Å²) in [6.45, 7) is 1.89. The van der Waals surface area contributed by atoms with Crippen molar-refractivity contribution in [3.63, 3.8) is 0 Å². The maximum Gasteiger partial charge on any atom is 0.251 e. The predicted octanol–water partition coefficient (Wildman–Crippen LogP) is 0.665. The van der Waals surface area contributed by atoms with Crippen LogP contribution in [0, 0.1) is 5.92 Å². The molecule has 3 rings (SSSR count). The molecule has 1 saturated heterocycles. The van der Waals surface area contributed by atoms with Gasteiger partial charge in [0.15, 0.2) is 0 Å². The fourth-order valence-corrected chi connectivity index (χ4v) is 3.87. The molecule has 2 aromatic rings. The molecule has 0 unspecified atom stereocenters. The van der Waals surface area contributed by atoms with Crippen LogP contribution in [0.5, 0.6) is 0 Å². The number of nitrogens with one attached hydrogen (secondary N) is 2. The summed E-state index contributed by atoms with van der Waals surface area (Å²) < 4.78 is 34.4. The van der Waals surface area contributed by atoms with E-state index in [1.807, 2.05) is 0 Å². The second-order valence-electron chi connectivity index (χ2n) is 6.31. The number of nitrogens with zero attached hydrogens (tertiary/aromatic N) is 2. The van der Waals surface area contributed by atoms with Crippen LogP contribution in [0.1, 0.15) is 22.3 Å². The summed E-state index contributed by atoms with van der Waals surface area (Å²) >= 11 is 0. The van der Waals surface area contributed by atoms with Gasteiger partial charge in [0.1, 0.15) is 0 Å². The zero-order chi connectivity index (χ0) is 18.6. The van der Waals surface area contributed by atoms with E-state index in [1.165, 1.54) is 12.1 Å². The van der Waals surface area contributed by atoms with Crippen LogP contribution >= 0.6 is 0 Å². The summed E-state index contributed by atoms with van der Waals surface area (Å²) in [5.41, 5.74) is 1.16. The first kappa shape index (κ1) is 18.6. The molecular weight excluding hydrogens is 356 g/mol. The summed E-state index contributed by atoms with van der Waals surface area (Å²) in [4.78, 5) is 12.4. The number of amides is 1. The van der Waals surface area contributed by atoms with Crippen molar-refractivity contribution in [2.24, 2.45) is 13.0 Å². The highest BCUT2D eigenvalue weighted by atomic mass is 32.2. The Morgan fingerprint density at radius 2 is 2.27 bits per heavy atom. The van der Waals surface area contributed by atoms with E-state index in [0.29, 0.717) is 31.9 Å². The Kier molecular flexibility index (Phi) is 5.70. The van der Waals surface area contributed by atoms with Crippen molar-refractivity contribution in [2.45, 2.75) is 17.9 Å². The monoisotopic (exact) mass is 378 g/mol. The Balaban J connectivity index is 1.63. The minimum atomic E-state index is -3.67. The molecule has 0 spiro atoms. The van der Waals surface area contributed by atoms with Gasteiger partial charge >= 0.3 is 0 Å². The lowest BCUT2D eigenvalue weighted by Crippen LogP contribution is -2.30. The van der Waals surface area contributed by atoms with E-state index in [2.05, 4.69) is 15.1 Å². The van der Waals surface area contributed by atoms with Crippen LogP contribution in [0.3, 0.4) is 0 Å². The first-order valence-electron chi connectivity index (χ1n) is 8.37. The second-order valence-corrected chi connectivity index (χ2v) is 8.08. The summed E-state index contributed by atoms with van der Waals surface area (Å²) in [6, 6.07) is 6.01. The van der Waals surface area contributed by atoms with Crippen molar-refractivity contribution in [1.29, 1.82) is 0 Å². The Morgan fingerprint density at radius 1 is 1.42 bits per heavy atom. The van der Waals surface area contributed by atoms with E-state index >= 15 is 0 Å². The van der Waals surface area contributed by atoms with Crippen LogP contribution in [0.15, 0.2) is 41.6 Å². The Labute approximate surface area is 152 Å². The maximum absolute atomic E-state index is 12.5. The molecule has 1 aromatic heterocycles. The van der Waals surface area contributed by atoms with Gasteiger partial charge in [0.2, 0.25) is 10.0 Å². The van der Waals surface area contributed by atoms with Crippen molar-refractivity contribution in [3.8, 4) is 0 Å². The molecule has 0 aliphatic carbocycles. The lowest BCUT2D eigenvalue weighted by atomic mass is 10.1. The highest BCUT2D eigenvalue weighted by Gasteiger charge is 2.21. The summed E-state index contributed by atoms with van der Waals surface area (Å²) in [5.74, 6) is -0.147. The number of aromatic nitrogens is 2. The Bertz CT molecular complexity index is 872. The van der Waals surface area contributed by atoms with Gasteiger partial charge in [-0.25, -0.2) is 13.1 Å². The fourth-order valence-electron chi connectivity index (χ4n) is 2.71. The predicted molar refractivity (Wildman–Crippen MR) is 94.9 cm³/mol. The number of sulfonamides is 1. The molecule has 1 atom stereocenters. The average Bonchev–Trinajstić information content (AvgIpc) is 3.29. The van der Waals surface area contributed by atoms with Crippen LogP contribution in [0.25, 0.3) is 0 Å². The van der Waals surface area contributed by atoms with Crippen molar-refractivity contribution in [3.05, 3.63) is 47.8 Å². The van der Waals surface area contributed by atoms with Crippen LogP contribution in [-0.4, -0.2) is 43.9 Å². The minimum absolute atomic E-state index is 0.0745. The summed E-state index contributed by atoms with van der Waals surface area (Å²) in [7, 11) is -1.87. The number of carbonyl (C=O) groups excluding carboxylic acids is 1. The van der Waals surface area contributed by atoms with E-state index in [4.69, 9.17) is 4.74 Å². The molecule has 1 aliphatic heterocycles. The number of rotatable bonds is 7. The highest BCUT2D eigenvalue weighted by Crippen LogP contribution is 2.15. The highest BCUT2D eigenvalue weighted by molar-refractivity contribution is 7.89. The lowest BCUT2D eigenvalue weighted by molar-refractivity contribution is 0.0950. The summed E-state index contributed by atoms with van der Waals surface area (Å²) in [5, 5.41) is 6.80. The normalized spacial score (nSPS) is 17.3. The largest absolute Gasteiger partial charge is 0.381 e. The molecule has 140 valence electrons. The Hall–Kier alpha value is -2.23. The van der Waals surface area contributed by atoms with E-state index in [9.17, 15) is 13.2 Å². The average molecular weight is 378 g/mol. The number of aryl methyl sites for hydroxylation is 1. The number of carbonyl (C=O) groups is 1. The van der Waals surface area contributed by atoms with E-state index in [1.54, 1.807) is 36.3 Å². The molecule has 8 nitrogen and oxygen atoms in total. The molecule has 9 heteroatoms. The summed E-state index contributed by atoms with van der Waals surface area (Å²) in [6.07, 6.45) is 4.31. The van der Waals surface area contributed by atoms with Crippen molar-refractivity contribution < 1.29 is 17.9 Å². The lowest BCUT2D eigenvalue weighted by Gasteiger charge is -2.11. The standard InChI is InChI=1S/C17H22N4O4S/c1-21-11-14(9-19-21)8-18-17(22)15-3-2-4-16(7-15)26(23,24)20-10-13-5-6-25-12-13/h2-4,7,9,11,13,20H,5-6,8,10,12H2,1H3,(H,18,22)/t13-/m1/s1. The number of hydrogen-bond acceptors (Lipinski definition) is 5. The quantitative estimate of drug-likeness (QED) is 0.737. The van der Waals surface area contributed by atoms with Crippen molar-refractivity contribution >= 4 is 15.9 Å². The van der Waals surface area contributed by atoms with Crippen LogP contribution in [0.2, 0.25) is 0 Å². The van der Waals surface area contributed by atoms with E-state index in [0.717, 1.165) is 12.0 Å². The van der Waals surface area contributed by atoms with Crippen LogP contribution in [0.4, 0.5) is 0 Å². The maximum atomic E-state index is 12.5. The molecule has 0 bridgehead atoms. The number of ether oxygens (including phenoxy) is 1. The number of hydrogen-bond donors (Lipinski definition) is 2. The molecule has 0 radical (unpaired) electrons. The molecule has 2 N–H and O–H groups in total. The molecule has 1 amide bonds. The third kappa shape index (κ3) is 4.69. The van der Waals surface area contributed by atoms with Gasteiger partial charge in [0.05, 0.1) is 17.7 Å². The van der Waals surface area contributed by atoms with Gasteiger partial charge in [-0.15, -0.1) is 0 Å². The van der Waals surface area contributed by atoms with E-state index in [-0.39, 0.29) is 16.7 Å². The van der Waals surface area contributed by atoms with Gasteiger partial charge in [0, 0.05) is 44.1 Å². The third-order valence-corrected chi connectivity index (χ3v) is 5.63. The van der Waals surface area contributed by atoms with Gasteiger partial charge in [-0.05, 0) is 30.5 Å². The first-order valence-corrected chi connectivity index (χ1v) is 9.85. The molecule has 26 heavy (non-hydrogen) atoms. The third-order valence-electron chi connectivity index (χ3n) is 4.20. The molecule has 1 aromatic carbocycles. The minimum Gasteiger partial charge on any atom is -0.381 e. The van der Waals surface area contributed by atoms with Gasteiger partial charge in [0.25, 0.3) is 5.91 Å². The van der Waals surface area contributed by atoms with E-state index < -0.39 is 10.0 Å². The van der Waals surface area contributed by atoms with Gasteiger partial charge in [-0.3, -0.25) is 9.48 Å². The Morgan fingerprint density at radius 3 is 2.96 bits per heavy atom. The smallest absolute Gasteiger partial charge is 0.251 e. The zero-order valence-corrected chi connectivity index (χ0v) is 15.3. The molecule has 2 heterocycles. The van der Waals surface area contributed by atoms with Crippen molar-refractivity contribution in [2.75, 3.05) is 19.8 Å². The van der Waals surface area contributed by atoms with Gasteiger partial charge in [-0.1, -0.05) is 6.07 Å². The van der Waals surface area contributed by atoms with Crippen LogP contribution < -0.4 is 10.0 Å². The van der Waals surface area contributed by atoms with Gasteiger partial charge in [-0.2, -0.15) is 5.10 Å². The van der Waals surface area contributed by atoms with Crippen molar-refractivity contribution in [1.82, 2.24) is 19.8 Å². The van der Waals surface area contributed by atoms with Crippen LogP contribution in [-0.2, 0) is 28.4 Å². The second kappa shape index (κ2) is 7.98. The van der Waals surface area contributed by atoms with Gasteiger partial charge < -0.3 is 10.1 Å². The topological polar surface area (TPSA) is 102 Å². The fraction of sp³-hybridized carbons (Fsp3) is 0.412. The molecule has 1 fully saturated rings. The zero-order valence-electron chi connectivity index (χ0n) is 14.5. The SMILES string of the molecule is Cn1cc(CNC(=O)c2cccc(S(=O)(=O)NC[C@H]3CCOC3)c2)cn1. The molecular formula is C17H22N4O4S. The molecule has 0 saturated carbocycles.